The van der Waals surface area contributed by atoms with Gasteiger partial charge in [-0.3, -0.25) is 15.0 Å². The number of urea groups is 1. The summed E-state index contributed by atoms with van der Waals surface area (Å²) >= 11 is 5.41. The molecule has 0 aliphatic carbocycles. The van der Waals surface area contributed by atoms with Crippen molar-refractivity contribution in [2.24, 2.45) is 5.73 Å². The van der Waals surface area contributed by atoms with Crippen molar-refractivity contribution in [1.29, 1.82) is 0 Å². The lowest BCUT2D eigenvalue weighted by molar-refractivity contribution is -0.123. The fourth-order valence-corrected chi connectivity index (χ4v) is 3.55. The average molecular weight is 542 g/mol. The van der Waals surface area contributed by atoms with Crippen molar-refractivity contribution >= 4 is 34.9 Å². The lowest BCUT2D eigenvalue weighted by Crippen LogP contribution is -2.49. The van der Waals surface area contributed by atoms with Crippen molar-refractivity contribution < 1.29 is 19.1 Å². The zero-order valence-electron chi connectivity index (χ0n) is 22.7. The number of aromatic nitrogens is 3. The lowest BCUT2D eigenvalue weighted by Gasteiger charge is -2.25. The van der Waals surface area contributed by atoms with Crippen LogP contribution < -0.4 is 32.5 Å². The van der Waals surface area contributed by atoms with Crippen LogP contribution in [0.5, 0.6) is 0 Å². The SMILES string of the molecule is CNNC(CCC(=S)NC(CCCNC(N)=O)C(C)=O)C(=O)NCc1cn(C(C)(C)COC(C)C)nn1. The number of hydrazine groups is 1. The second-order valence-corrected chi connectivity index (χ2v) is 10.2. The molecule has 0 spiro atoms. The molecule has 14 heteroatoms. The third kappa shape index (κ3) is 12.9. The summed E-state index contributed by atoms with van der Waals surface area (Å²) in [7, 11) is 1.68. The fourth-order valence-electron chi connectivity index (χ4n) is 3.29. The molecule has 3 amide bonds. The minimum absolute atomic E-state index is 0.0592. The van der Waals surface area contributed by atoms with Crippen molar-refractivity contribution in [2.45, 2.75) is 90.6 Å². The van der Waals surface area contributed by atoms with E-state index in [1.54, 1.807) is 17.9 Å². The van der Waals surface area contributed by atoms with Crippen LogP contribution in [0, 0.1) is 0 Å². The number of nitrogens with one attached hydrogen (secondary N) is 5. The molecule has 0 aliphatic heterocycles. The smallest absolute Gasteiger partial charge is 0.312 e. The maximum atomic E-state index is 12.8. The number of Topliss-reactive ketones (excluding diaryl/α,β-unsaturated/α-hetero) is 1. The molecule has 1 aromatic rings. The van der Waals surface area contributed by atoms with E-state index in [-0.39, 0.29) is 29.9 Å². The van der Waals surface area contributed by atoms with E-state index in [1.165, 1.54) is 6.92 Å². The summed E-state index contributed by atoms with van der Waals surface area (Å²) in [5.74, 6) is -0.286. The largest absolute Gasteiger partial charge is 0.376 e. The van der Waals surface area contributed by atoms with Crippen LogP contribution in [0.25, 0.3) is 0 Å². The highest BCUT2D eigenvalue weighted by atomic mass is 32.1. The fraction of sp³-hybridized carbons (Fsp3) is 0.739. The van der Waals surface area contributed by atoms with Crippen LogP contribution in [-0.2, 0) is 26.4 Å². The first-order chi connectivity index (χ1) is 17.4. The Labute approximate surface area is 224 Å². The number of hydrogen-bond donors (Lipinski definition) is 6. The first kappa shape index (κ1) is 32.3. The van der Waals surface area contributed by atoms with Gasteiger partial charge in [0.15, 0.2) is 5.78 Å². The lowest BCUT2D eigenvalue weighted by atomic mass is 10.1. The number of amides is 3. The first-order valence-corrected chi connectivity index (χ1v) is 12.8. The van der Waals surface area contributed by atoms with E-state index >= 15 is 0 Å². The van der Waals surface area contributed by atoms with Gasteiger partial charge in [0.05, 0.1) is 42.0 Å². The third-order valence-corrected chi connectivity index (χ3v) is 5.79. The highest BCUT2D eigenvalue weighted by molar-refractivity contribution is 7.80. The van der Waals surface area contributed by atoms with E-state index in [4.69, 9.17) is 22.7 Å². The van der Waals surface area contributed by atoms with Crippen LogP contribution in [0.4, 0.5) is 4.79 Å². The van der Waals surface area contributed by atoms with Gasteiger partial charge in [0.2, 0.25) is 5.91 Å². The van der Waals surface area contributed by atoms with E-state index in [0.717, 1.165) is 0 Å². The molecule has 0 aromatic carbocycles. The molecular formula is C23H43N9O4S. The number of ether oxygens (including phenoxy) is 1. The van der Waals surface area contributed by atoms with E-state index in [1.807, 2.05) is 27.7 Å². The Morgan fingerprint density at radius 2 is 1.89 bits per heavy atom. The Balaban J connectivity index is 2.57. The summed E-state index contributed by atoms with van der Waals surface area (Å²) in [5, 5.41) is 16.8. The molecule has 13 nitrogen and oxygen atoms in total. The molecule has 1 heterocycles. The molecule has 2 unspecified atom stereocenters. The second kappa shape index (κ2) is 16.2. The van der Waals surface area contributed by atoms with Gasteiger partial charge in [0, 0.05) is 6.54 Å². The van der Waals surface area contributed by atoms with Gasteiger partial charge in [-0.2, -0.15) is 0 Å². The Kier molecular flexibility index (Phi) is 14.2. The molecule has 0 saturated heterocycles. The molecule has 0 radical (unpaired) electrons. The van der Waals surface area contributed by atoms with Crippen molar-refractivity contribution in [2.75, 3.05) is 20.2 Å². The quantitative estimate of drug-likeness (QED) is 0.0857. The van der Waals surface area contributed by atoms with Crippen LogP contribution in [0.2, 0.25) is 0 Å². The number of primary amides is 1. The second-order valence-electron chi connectivity index (χ2n) is 9.69. The molecule has 1 rings (SSSR count). The van der Waals surface area contributed by atoms with Crippen LogP contribution in [0.1, 0.15) is 66.0 Å². The molecule has 0 bridgehead atoms. The zero-order valence-corrected chi connectivity index (χ0v) is 23.5. The number of hydrogen-bond acceptors (Lipinski definition) is 9. The van der Waals surface area contributed by atoms with Gasteiger partial charge in [-0.25, -0.2) is 14.9 Å². The molecule has 7 N–H and O–H groups in total. The summed E-state index contributed by atoms with van der Waals surface area (Å²) in [6.45, 7) is 10.5. The molecule has 0 fully saturated rings. The van der Waals surface area contributed by atoms with Crippen LogP contribution >= 0.6 is 12.2 Å². The van der Waals surface area contributed by atoms with Gasteiger partial charge < -0.3 is 26.4 Å². The topological polar surface area (TPSA) is 177 Å². The van der Waals surface area contributed by atoms with Gasteiger partial charge in [-0.1, -0.05) is 17.4 Å². The number of thiocarbonyl (C=S) groups is 1. The highest BCUT2D eigenvalue weighted by Gasteiger charge is 2.24. The Morgan fingerprint density at radius 3 is 2.49 bits per heavy atom. The Hall–Kier alpha value is -2.68. The van der Waals surface area contributed by atoms with Crippen LogP contribution in [0.15, 0.2) is 6.20 Å². The van der Waals surface area contributed by atoms with Crippen LogP contribution in [0.3, 0.4) is 0 Å². The minimum Gasteiger partial charge on any atom is -0.376 e. The number of ketones is 1. The summed E-state index contributed by atoms with van der Waals surface area (Å²) in [6.07, 6.45) is 3.77. The van der Waals surface area contributed by atoms with Gasteiger partial charge in [0.1, 0.15) is 11.7 Å². The standard InChI is InChI=1S/C23H43N9O4S/c1-15(2)36-14-23(4,5)32-13-17(29-31-32)12-27-21(34)19(30-25-6)9-10-20(37)28-18(16(3)33)8-7-11-26-22(24)35/h13,15,18-19,25,30H,7-12,14H2,1-6H3,(H,27,34)(H,28,37)(H3,24,26,35). The molecule has 210 valence electrons. The normalized spacial score (nSPS) is 13.2. The summed E-state index contributed by atoms with van der Waals surface area (Å²) in [5.41, 5.74) is 11.0. The molecule has 1 aromatic heterocycles. The number of nitrogens with two attached hydrogens (primary N) is 1. The van der Waals surface area contributed by atoms with Crippen molar-refractivity contribution in [3.63, 3.8) is 0 Å². The monoisotopic (exact) mass is 541 g/mol. The molecule has 37 heavy (non-hydrogen) atoms. The van der Waals surface area contributed by atoms with Gasteiger partial charge in [-0.15, -0.1) is 5.10 Å². The van der Waals surface area contributed by atoms with E-state index in [2.05, 4.69) is 37.1 Å². The van der Waals surface area contributed by atoms with Crippen molar-refractivity contribution in [1.82, 2.24) is 41.8 Å². The average Bonchev–Trinajstić information content (AvgIpc) is 3.30. The van der Waals surface area contributed by atoms with E-state index < -0.39 is 18.1 Å². The summed E-state index contributed by atoms with van der Waals surface area (Å²) < 4.78 is 7.45. The molecule has 0 saturated carbocycles. The van der Waals surface area contributed by atoms with Gasteiger partial charge >= 0.3 is 6.03 Å². The number of rotatable bonds is 18. The molecular weight excluding hydrogens is 498 g/mol. The van der Waals surface area contributed by atoms with E-state index in [9.17, 15) is 14.4 Å². The number of carbonyl (C=O) groups is 3. The highest BCUT2D eigenvalue weighted by Crippen LogP contribution is 2.15. The van der Waals surface area contributed by atoms with E-state index in [0.29, 0.717) is 49.5 Å². The molecule has 2 atom stereocenters. The van der Waals surface area contributed by atoms with Crippen molar-refractivity contribution in [3.05, 3.63) is 11.9 Å². The summed E-state index contributed by atoms with van der Waals surface area (Å²) in [6, 6.07) is -1.63. The summed E-state index contributed by atoms with van der Waals surface area (Å²) in [4.78, 5) is 36.0. The van der Waals surface area contributed by atoms with Gasteiger partial charge in [-0.05, 0) is 67.3 Å². The van der Waals surface area contributed by atoms with Crippen molar-refractivity contribution in [3.8, 4) is 0 Å². The Bertz CT molecular complexity index is 891. The molecule has 0 aliphatic rings. The van der Waals surface area contributed by atoms with Gasteiger partial charge in [0.25, 0.3) is 0 Å². The van der Waals surface area contributed by atoms with Crippen LogP contribution in [-0.4, -0.2) is 76.1 Å². The minimum atomic E-state index is -0.603. The predicted octanol–water partition coefficient (Wildman–Crippen LogP) is 0.250. The first-order valence-electron chi connectivity index (χ1n) is 12.4. The third-order valence-electron chi connectivity index (χ3n) is 5.46. The number of carbonyl (C=O) groups excluding carboxylic acids is 3. The number of nitrogens with zero attached hydrogens (tertiary/aromatic N) is 3. The maximum Gasteiger partial charge on any atom is 0.312 e. The Morgan fingerprint density at radius 1 is 1.19 bits per heavy atom. The zero-order chi connectivity index (χ0) is 28.0. The maximum absolute atomic E-state index is 12.8. The predicted molar refractivity (Wildman–Crippen MR) is 145 cm³/mol.